The monoisotopic (exact) mass is 301 g/mol. The molecule has 0 aliphatic carbocycles. The van der Waals surface area contributed by atoms with Crippen molar-refractivity contribution in [1.29, 1.82) is 0 Å². The van der Waals surface area contributed by atoms with Crippen molar-refractivity contribution in [2.24, 2.45) is 0 Å². The molecular formula is C13H19NO5S. The second-order valence-corrected chi connectivity index (χ2v) is 7.10. The average Bonchev–Trinajstić information content (AvgIpc) is 2.37. The van der Waals surface area contributed by atoms with Crippen LogP contribution in [0.3, 0.4) is 0 Å². The Balaban J connectivity index is 3.17. The van der Waals surface area contributed by atoms with Gasteiger partial charge in [0.05, 0.1) is 23.6 Å². The van der Waals surface area contributed by atoms with Gasteiger partial charge in [-0.25, -0.2) is 8.42 Å². The number of nitrogens with one attached hydrogen (secondary N) is 1. The van der Waals surface area contributed by atoms with Crippen LogP contribution in [0.1, 0.15) is 22.8 Å². The first-order valence-electron chi connectivity index (χ1n) is 5.98. The van der Waals surface area contributed by atoms with Gasteiger partial charge in [-0.1, -0.05) is 6.07 Å². The number of carbonyl (C=O) groups is 1. The van der Waals surface area contributed by atoms with Crippen molar-refractivity contribution in [1.82, 2.24) is 5.32 Å². The molecule has 0 heterocycles. The van der Waals surface area contributed by atoms with Crippen LogP contribution in [-0.2, 0) is 9.84 Å². The van der Waals surface area contributed by atoms with E-state index in [9.17, 15) is 13.2 Å². The Morgan fingerprint density at radius 1 is 1.30 bits per heavy atom. The lowest BCUT2D eigenvalue weighted by molar-refractivity contribution is 0.0723. The zero-order chi connectivity index (χ0) is 15.6. The highest BCUT2D eigenvalue weighted by molar-refractivity contribution is 7.90. The molecule has 112 valence electrons. The topological polar surface area (TPSA) is 104 Å². The van der Waals surface area contributed by atoms with Crippen LogP contribution in [0.4, 0.5) is 0 Å². The first-order valence-corrected chi connectivity index (χ1v) is 7.87. The Labute approximate surface area is 118 Å². The van der Waals surface area contributed by atoms with Gasteiger partial charge in [0, 0.05) is 11.8 Å². The summed E-state index contributed by atoms with van der Waals surface area (Å²) in [7, 11) is -3.41. The number of aliphatic hydroxyl groups excluding tert-OH is 2. The molecule has 1 amide bonds. The summed E-state index contributed by atoms with van der Waals surface area (Å²) in [6.45, 7) is 2.30. The molecule has 0 aliphatic heterocycles. The van der Waals surface area contributed by atoms with E-state index in [-0.39, 0.29) is 10.5 Å². The number of hydrogen-bond acceptors (Lipinski definition) is 5. The van der Waals surface area contributed by atoms with Crippen LogP contribution in [-0.4, -0.2) is 49.5 Å². The Bertz CT molecular complexity index is 605. The lowest BCUT2D eigenvalue weighted by Crippen LogP contribution is -2.51. The molecule has 1 aromatic rings. The highest BCUT2D eigenvalue weighted by Gasteiger charge is 2.26. The fourth-order valence-corrected chi connectivity index (χ4v) is 2.19. The molecule has 0 aliphatic rings. The number of aryl methyl sites for hydroxylation is 1. The Morgan fingerprint density at radius 2 is 1.85 bits per heavy atom. The predicted molar refractivity (Wildman–Crippen MR) is 74.3 cm³/mol. The minimum absolute atomic E-state index is 0.0444. The van der Waals surface area contributed by atoms with E-state index >= 15 is 0 Å². The zero-order valence-corrected chi connectivity index (χ0v) is 12.5. The van der Waals surface area contributed by atoms with Crippen LogP contribution in [0.5, 0.6) is 0 Å². The van der Waals surface area contributed by atoms with Crippen molar-refractivity contribution in [2.45, 2.75) is 24.3 Å². The first-order chi connectivity index (χ1) is 9.13. The SMILES string of the molecule is Cc1ccc(S(C)(=O)=O)cc1C(=O)NC(C)(CO)CO. The number of benzene rings is 1. The van der Waals surface area contributed by atoms with Crippen LogP contribution in [0.15, 0.2) is 23.1 Å². The Morgan fingerprint density at radius 3 is 2.30 bits per heavy atom. The third kappa shape index (κ3) is 3.78. The molecule has 0 fully saturated rings. The molecule has 0 bridgehead atoms. The van der Waals surface area contributed by atoms with E-state index in [4.69, 9.17) is 10.2 Å². The number of amides is 1. The summed E-state index contributed by atoms with van der Waals surface area (Å²) in [4.78, 5) is 12.2. The van der Waals surface area contributed by atoms with Crippen molar-refractivity contribution in [3.05, 3.63) is 29.3 Å². The molecule has 20 heavy (non-hydrogen) atoms. The number of sulfone groups is 1. The Kier molecular flexibility index (Phi) is 4.90. The standard InChI is InChI=1S/C13H19NO5S/c1-9-4-5-10(20(3,18)19)6-11(9)12(17)14-13(2,7-15)8-16/h4-6,15-16H,7-8H2,1-3H3,(H,14,17). The number of carbonyl (C=O) groups excluding carboxylic acids is 1. The summed E-state index contributed by atoms with van der Waals surface area (Å²) in [5.74, 6) is -0.543. The van der Waals surface area contributed by atoms with Gasteiger partial charge >= 0.3 is 0 Å². The van der Waals surface area contributed by atoms with E-state index in [0.717, 1.165) is 6.26 Å². The van der Waals surface area contributed by atoms with Crippen molar-refractivity contribution in [3.63, 3.8) is 0 Å². The lowest BCUT2D eigenvalue weighted by Gasteiger charge is -2.26. The van der Waals surface area contributed by atoms with Gasteiger partial charge in [0.2, 0.25) is 0 Å². The highest BCUT2D eigenvalue weighted by Crippen LogP contribution is 2.16. The van der Waals surface area contributed by atoms with Crippen LogP contribution in [0.25, 0.3) is 0 Å². The van der Waals surface area contributed by atoms with Gasteiger partial charge in [0.25, 0.3) is 5.91 Å². The van der Waals surface area contributed by atoms with Crippen molar-refractivity contribution >= 4 is 15.7 Å². The molecule has 0 unspecified atom stereocenters. The fraction of sp³-hybridized carbons (Fsp3) is 0.462. The first kappa shape index (κ1) is 16.6. The van der Waals surface area contributed by atoms with Crippen LogP contribution in [0, 0.1) is 6.92 Å². The van der Waals surface area contributed by atoms with Gasteiger partial charge in [-0.05, 0) is 31.5 Å². The maximum absolute atomic E-state index is 12.1. The number of hydrogen-bond donors (Lipinski definition) is 3. The molecular weight excluding hydrogens is 282 g/mol. The smallest absolute Gasteiger partial charge is 0.252 e. The van der Waals surface area contributed by atoms with Crippen molar-refractivity contribution in [2.75, 3.05) is 19.5 Å². The molecule has 0 radical (unpaired) electrons. The van der Waals surface area contributed by atoms with E-state index in [0.29, 0.717) is 5.56 Å². The third-order valence-corrected chi connectivity index (χ3v) is 4.11. The van der Waals surface area contributed by atoms with Gasteiger partial charge in [-0.2, -0.15) is 0 Å². The molecule has 7 heteroatoms. The van der Waals surface area contributed by atoms with Crippen molar-refractivity contribution < 1.29 is 23.4 Å². The quantitative estimate of drug-likeness (QED) is 0.703. The van der Waals surface area contributed by atoms with E-state index in [1.807, 2.05) is 0 Å². The molecule has 1 aromatic carbocycles. The summed E-state index contributed by atoms with van der Waals surface area (Å²) in [6, 6.07) is 4.26. The fourth-order valence-electron chi connectivity index (χ4n) is 1.55. The molecule has 1 rings (SSSR count). The van der Waals surface area contributed by atoms with Gasteiger partial charge in [-0.3, -0.25) is 4.79 Å². The second-order valence-electron chi connectivity index (χ2n) is 5.08. The largest absolute Gasteiger partial charge is 0.394 e. The summed E-state index contributed by atoms with van der Waals surface area (Å²) >= 11 is 0. The molecule has 0 aromatic heterocycles. The van der Waals surface area contributed by atoms with Gasteiger partial charge < -0.3 is 15.5 Å². The maximum Gasteiger partial charge on any atom is 0.252 e. The number of rotatable bonds is 5. The average molecular weight is 301 g/mol. The van der Waals surface area contributed by atoms with E-state index in [2.05, 4.69) is 5.32 Å². The van der Waals surface area contributed by atoms with Gasteiger partial charge in [0.15, 0.2) is 9.84 Å². The molecule has 0 saturated carbocycles. The van der Waals surface area contributed by atoms with Crippen LogP contribution < -0.4 is 5.32 Å². The molecule has 0 spiro atoms. The normalized spacial score (nSPS) is 12.2. The van der Waals surface area contributed by atoms with Gasteiger partial charge in [-0.15, -0.1) is 0 Å². The molecule has 6 nitrogen and oxygen atoms in total. The molecule has 3 N–H and O–H groups in total. The second kappa shape index (κ2) is 5.90. The third-order valence-electron chi connectivity index (χ3n) is 3.00. The van der Waals surface area contributed by atoms with E-state index < -0.39 is 34.5 Å². The zero-order valence-electron chi connectivity index (χ0n) is 11.7. The minimum atomic E-state index is -3.41. The van der Waals surface area contributed by atoms with Crippen LogP contribution in [0.2, 0.25) is 0 Å². The summed E-state index contributed by atoms with van der Waals surface area (Å²) in [6.07, 6.45) is 1.06. The molecule has 0 saturated heterocycles. The van der Waals surface area contributed by atoms with Crippen molar-refractivity contribution in [3.8, 4) is 0 Å². The minimum Gasteiger partial charge on any atom is -0.394 e. The van der Waals surface area contributed by atoms with Gasteiger partial charge in [0.1, 0.15) is 0 Å². The predicted octanol–water partition coefficient (Wildman–Crippen LogP) is -0.128. The lowest BCUT2D eigenvalue weighted by atomic mass is 10.0. The number of aliphatic hydroxyl groups is 2. The summed E-state index contributed by atoms with van der Waals surface area (Å²) in [5.41, 5.74) is -0.362. The Hall–Kier alpha value is -1.44. The summed E-state index contributed by atoms with van der Waals surface area (Å²) < 4.78 is 23.0. The summed E-state index contributed by atoms with van der Waals surface area (Å²) in [5, 5.41) is 20.8. The van der Waals surface area contributed by atoms with E-state index in [1.54, 1.807) is 13.0 Å². The van der Waals surface area contributed by atoms with E-state index in [1.165, 1.54) is 19.1 Å². The van der Waals surface area contributed by atoms with Crippen LogP contribution >= 0.6 is 0 Å². The highest BCUT2D eigenvalue weighted by atomic mass is 32.2. The molecule has 0 atom stereocenters. The maximum atomic E-state index is 12.1.